The van der Waals surface area contributed by atoms with Crippen molar-refractivity contribution in [3.05, 3.63) is 64.0 Å². The number of halogens is 1. The second-order valence-corrected chi connectivity index (χ2v) is 8.19. The summed E-state index contributed by atoms with van der Waals surface area (Å²) in [5, 5.41) is 10.9. The van der Waals surface area contributed by atoms with Crippen LogP contribution < -0.4 is 4.72 Å². The standard InChI is InChI=1S/C16H17FN2O4S2/c1-12-3-8-15(11-16(12)19(20)21)25(22,23)18-9-2-10-24-14-6-4-13(17)5-7-14/h3-8,11,18H,2,9-10H2,1H3. The van der Waals surface area contributed by atoms with Crippen LogP contribution in [-0.2, 0) is 10.0 Å². The van der Waals surface area contributed by atoms with Gasteiger partial charge in [-0.1, -0.05) is 6.07 Å². The summed E-state index contributed by atoms with van der Waals surface area (Å²) in [4.78, 5) is 11.1. The maximum absolute atomic E-state index is 12.8. The number of rotatable bonds is 8. The summed E-state index contributed by atoms with van der Waals surface area (Å²) in [5.74, 6) is 0.353. The third-order valence-electron chi connectivity index (χ3n) is 3.38. The van der Waals surface area contributed by atoms with E-state index in [0.717, 1.165) is 11.0 Å². The van der Waals surface area contributed by atoms with Gasteiger partial charge in [0.2, 0.25) is 10.0 Å². The molecule has 6 nitrogen and oxygen atoms in total. The SMILES string of the molecule is Cc1ccc(S(=O)(=O)NCCCSc2ccc(F)cc2)cc1[N+](=O)[O-]. The molecular weight excluding hydrogens is 367 g/mol. The van der Waals surface area contributed by atoms with Crippen molar-refractivity contribution < 1.29 is 17.7 Å². The molecule has 0 fully saturated rings. The minimum Gasteiger partial charge on any atom is -0.258 e. The minimum absolute atomic E-state index is 0.129. The molecule has 0 saturated heterocycles. The average Bonchev–Trinajstić information content (AvgIpc) is 2.56. The molecule has 9 heteroatoms. The van der Waals surface area contributed by atoms with Crippen molar-refractivity contribution in [3.63, 3.8) is 0 Å². The van der Waals surface area contributed by atoms with Crippen molar-refractivity contribution >= 4 is 27.5 Å². The zero-order valence-electron chi connectivity index (χ0n) is 13.4. The molecule has 0 spiro atoms. The quantitative estimate of drug-likeness (QED) is 0.326. The lowest BCUT2D eigenvalue weighted by molar-refractivity contribution is -0.385. The van der Waals surface area contributed by atoms with E-state index in [-0.39, 0.29) is 22.9 Å². The normalized spacial score (nSPS) is 11.4. The molecule has 0 heterocycles. The van der Waals surface area contributed by atoms with Crippen LogP contribution in [0.5, 0.6) is 0 Å². The van der Waals surface area contributed by atoms with Gasteiger partial charge < -0.3 is 0 Å². The van der Waals surface area contributed by atoms with E-state index < -0.39 is 14.9 Å². The highest BCUT2D eigenvalue weighted by Crippen LogP contribution is 2.22. The Morgan fingerprint density at radius 2 is 1.88 bits per heavy atom. The van der Waals surface area contributed by atoms with E-state index in [1.165, 1.54) is 36.0 Å². The predicted octanol–water partition coefficient (Wildman–Crippen LogP) is 3.50. The zero-order chi connectivity index (χ0) is 18.4. The number of hydrogen-bond donors (Lipinski definition) is 1. The predicted molar refractivity (Wildman–Crippen MR) is 94.8 cm³/mol. The molecule has 25 heavy (non-hydrogen) atoms. The summed E-state index contributed by atoms with van der Waals surface area (Å²) < 4.78 is 39.6. The highest BCUT2D eigenvalue weighted by Gasteiger charge is 2.19. The molecule has 0 aliphatic heterocycles. The molecule has 0 aliphatic carbocycles. The number of sulfonamides is 1. The molecule has 0 bridgehead atoms. The lowest BCUT2D eigenvalue weighted by atomic mass is 10.2. The van der Waals surface area contributed by atoms with Crippen LogP contribution in [0.1, 0.15) is 12.0 Å². The maximum atomic E-state index is 12.8. The van der Waals surface area contributed by atoms with Crippen LogP contribution in [0.15, 0.2) is 52.3 Å². The Hall–Kier alpha value is -1.97. The van der Waals surface area contributed by atoms with Gasteiger partial charge in [-0.25, -0.2) is 17.5 Å². The Bertz CT molecular complexity index is 855. The van der Waals surface area contributed by atoms with Gasteiger partial charge in [-0.15, -0.1) is 11.8 Å². The molecule has 134 valence electrons. The van der Waals surface area contributed by atoms with Gasteiger partial charge in [0, 0.05) is 23.1 Å². The van der Waals surface area contributed by atoms with E-state index in [9.17, 15) is 22.9 Å². The van der Waals surface area contributed by atoms with Crippen molar-refractivity contribution in [3.8, 4) is 0 Å². The van der Waals surface area contributed by atoms with Gasteiger partial charge in [-0.3, -0.25) is 10.1 Å². The van der Waals surface area contributed by atoms with Gasteiger partial charge in [0.25, 0.3) is 5.69 Å². The summed E-state index contributed by atoms with van der Waals surface area (Å²) in [5.41, 5.74) is 0.175. The molecule has 2 rings (SSSR count). The topological polar surface area (TPSA) is 89.3 Å². The number of thioether (sulfide) groups is 1. The molecule has 0 aliphatic rings. The van der Waals surface area contributed by atoms with Crippen LogP contribution >= 0.6 is 11.8 Å². The van der Waals surface area contributed by atoms with Crippen molar-refractivity contribution in [2.75, 3.05) is 12.3 Å². The number of nitrogens with zero attached hydrogens (tertiary/aromatic N) is 1. The molecule has 0 aromatic heterocycles. The first-order valence-electron chi connectivity index (χ1n) is 7.43. The Balaban J connectivity index is 1.88. The van der Waals surface area contributed by atoms with Crippen molar-refractivity contribution in [1.82, 2.24) is 4.72 Å². The lowest BCUT2D eigenvalue weighted by Crippen LogP contribution is -2.25. The number of nitro benzene ring substituents is 1. The molecule has 2 aromatic carbocycles. The molecule has 0 unspecified atom stereocenters. The summed E-state index contributed by atoms with van der Waals surface area (Å²) in [6.45, 7) is 1.76. The van der Waals surface area contributed by atoms with Crippen molar-refractivity contribution in [2.45, 2.75) is 23.1 Å². The third-order valence-corrected chi connectivity index (χ3v) is 5.94. The van der Waals surface area contributed by atoms with Gasteiger partial charge in [0.05, 0.1) is 9.82 Å². The van der Waals surface area contributed by atoms with E-state index in [4.69, 9.17) is 0 Å². The van der Waals surface area contributed by atoms with Crippen LogP contribution in [0.25, 0.3) is 0 Å². The molecule has 0 atom stereocenters. The number of aryl methyl sites for hydroxylation is 1. The van der Waals surface area contributed by atoms with E-state index >= 15 is 0 Å². The van der Waals surface area contributed by atoms with Crippen LogP contribution in [0.4, 0.5) is 10.1 Å². The Labute approximate surface area is 149 Å². The fourth-order valence-electron chi connectivity index (χ4n) is 2.04. The van der Waals surface area contributed by atoms with Gasteiger partial charge in [0.15, 0.2) is 0 Å². The Morgan fingerprint density at radius 1 is 1.20 bits per heavy atom. The largest absolute Gasteiger partial charge is 0.273 e. The second kappa shape index (κ2) is 8.41. The van der Waals surface area contributed by atoms with Crippen LogP contribution in [0.3, 0.4) is 0 Å². The maximum Gasteiger partial charge on any atom is 0.273 e. The summed E-state index contributed by atoms with van der Waals surface area (Å²) >= 11 is 1.49. The highest BCUT2D eigenvalue weighted by atomic mass is 32.2. The smallest absolute Gasteiger partial charge is 0.258 e. The monoisotopic (exact) mass is 384 g/mol. The number of benzene rings is 2. The van der Waals surface area contributed by atoms with Gasteiger partial charge in [-0.05, 0) is 49.4 Å². The van der Waals surface area contributed by atoms with E-state index in [1.807, 2.05) is 0 Å². The van der Waals surface area contributed by atoms with Crippen molar-refractivity contribution in [1.29, 1.82) is 0 Å². The first-order chi connectivity index (χ1) is 11.8. The van der Waals surface area contributed by atoms with Gasteiger partial charge in [-0.2, -0.15) is 0 Å². The number of nitro groups is 1. The fraction of sp³-hybridized carbons (Fsp3) is 0.250. The van der Waals surface area contributed by atoms with E-state index in [0.29, 0.717) is 17.7 Å². The van der Waals surface area contributed by atoms with Crippen LogP contribution in [0, 0.1) is 22.9 Å². The molecule has 0 saturated carbocycles. The Kier molecular flexibility index (Phi) is 6.51. The molecular formula is C16H17FN2O4S2. The van der Waals surface area contributed by atoms with Crippen LogP contribution in [0.2, 0.25) is 0 Å². The van der Waals surface area contributed by atoms with Crippen LogP contribution in [-0.4, -0.2) is 25.6 Å². The second-order valence-electron chi connectivity index (χ2n) is 5.26. The van der Waals surface area contributed by atoms with Gasteiger partial charge >= 0.3 is 0 Å². The summed E-state index contributed by atoms with van der Waals surface area (Å²) in [7, 11) is -3.80. The molecule has 2 aromatic rings. The molecule has 0 amide bonds. The number of nitrogens with one attached hydrogen (secondary N) is 1. The third kappa shape index (κ3) is 5.52. The van der Waals surface area contributed by atoms with Gasteiger partial charge in [0.1, 0.15) is 5.82 Å². The zero-order valence-corrected chi connectivity index (χ0v) is 15.1. The first kappa shape index (κ1) is 19.4. The average molecular weight is 384 g/mol. The Morgan fingerprint density at radius 3 is 2.52 bits per heavy atom. The van der Waals surface area contributed by atoms with Crippen molar-refractivity contribution in [2.24, 2.45) is 0 Å². The minimum atomic E-state index is -3.80. The number of hydrogen-bond acceptors (Lipinski definition) is 5. The fourth-order valence-corrected chi connectivity index (χ4v) is 3.98. The lowest BCUT2D eigenvalue weighted by Gasteiger charge is -2.07. The molecule has 1 N–H and O–H groups in total. The van der Waals surface area contributed by atoms with E-state index in [2.05, 4.69) is 4.72 Å². The molecule has 0 radical (unpaired) electrons. The summed E-state index contributed by atoms with van der Waals surface area (Å²) in [6, 6.07) is 9.88. The van der Waals surface area contributed by atoms with E-state index in [1.54, 1.807) is 19.1 Å². The summed E-state index contributed by atoms with van der Waals surface area (Å²) in [6.07, 6.45) is 0.565. The first-order valence-corrected chi connectivity index (χ1v) is 9.89. The highest BCUT2D eigenvalue weighted by molar-refractivity contribution is 7.99.